The molecule has 0 fully saturated rings. The number of hydrogen-bond acceptors (Lipinski definition) is 4. The minimum absolute atomic E-state index is 0.0436. The third-order valence-corrected chi connectivity index (χ3v) is 5.45. The summed E-state index contributed by atoms with van der Waals surface area (Å²) >= 11 is 3.48. The molecular formula is C19H19ClN2O5S. The molecule has 0 saturated heterocycles. The predicted octanol–water partition coefficient (Wildman–Crippen LogP) is 3.12. The van der Waals surface area contributed by atoms with Gasteiger partial charge in [0.15, 0.2) is 0 Å². The van der Waals surface area contributed by atoms with Gasteiger partial charge in [-0.25, -0.2) is 4.21 Å². The van der Waals surface area contributed by atoms with Gasteiger partial charge in [0.1, 0.15) is 5.75 Å². The third-order valence-electron chi connectivity index (χ3n) is 4.80. The van der Waals surface area contributed by atoms with Gasteiger partial charge in [-0.2, -0.15) is 0 Å². The molecule has 2 amide bonds. The average molecular weight is 423 g/mol. The van der Waals surface area contributed by atoms with Crippen LogP contribution in [0.25, 0.3) is 0 Å². The van der Waals surface area contributed by atoms with Crippen molar-refractivity contribution in [3.8, 4) is 5.75 Å². The molecule has 2 aromatic rings. The fraction of sp³-hybridized carbons (Fsp3) is 0.263. The number of nitrogens with one attached hydrogen (secondary N) is 1. The lowest BCUT2D eigenvalue weighted by Crippen LogP contribution is -2.38. The number of rotatable bonds is 5. The second-order valence-corrected chi connectivity index (χ2v) is 7.57. The number of ether oxygens (including phenoxy) is 1. The minimum atomic E-state index is -2.44. The zero-order valence-electron chi connectivity index (χ0n) is 15.2. The Morgan fingerprint density at radius 3 is 2.54 bits per heavy atom. The van der Waals surface area contributed by atoms with Crippen molar-refractivity contribution < 1.29 is 23.1 Å². The first-order valence-electron chi connectivity index (χ1n) is 8.49. The number of hydrogen-bond donors (Lipinski definition) is 2. The van der Waals surface area contributed by atoms with Crippen molar-refractivity contribution in [1.29, 1.82) is 0 Å². The number of amides is 2. The molecule has 7 nitrogen and oxygen atoms in total. The molecule has 148 valence electrons. The van der Waals surface area contributed by atoms with Gasteiger partial charge in [-0.15, -0.1) is 0 Å². The van der Waals surface area contributed by atoms with E-state index in [1.165, 1.54) is 7.11 Å². The lowest BCUT2D eigenvalue weighted by atomic mass is 9.92. The summed E-state index contributed by atoms with van der Waals surface area (Å²) in [7, 11) is 1.54. The van der Waals surface area contributed by atoms with Crippen molar-refractivity contribution in [3.63, 3.8) is 0 Å². The smallest absolute Gasteiger partial charge is 0.261 e. The average Bonchev–Trinajstić information content (AvgIpc) is 2.92. The van der Waals surface area contributed by atoms with Crippen molar-refractivity contribution >= 4 is 40.4 Å². The highest BCUT2D eigenvalue weighted by Gasteiger charge is 2.40. The first-order valence-corrected chi connectivity index (χ1v) is 9.97. The molecule has 0 radical (unpaired) electrons. The van der Waals surface area contributed by atoms with Crippen molar-refractivity contribution in [2.75, 3.05) is 12.0 Å². The second kappa shape index (κ2) is 8.30. The number of halogens is 1. The van der Waals surface area contributed by atoms with Crippen LogP contribution < -0.4 is 14.4 Å². The number of methoxy groups -OCH3 is 1. The number of benzene rings is 2. The summed E-state index contributed by atoms with van der Waals surface area (Å²) < 4.78 is 27.0. The van der Waals surface area contributed by atoms with Crippen LogP contribution in [0.4, 0.5) is 5.69 Å². The molecule has 2 N–H and O–H groups in total. The predicted molar refractivity (Wildman–Crippen MR) is 107 cm³/mol. The maximum absolute atomic E-state index is 13.2. The largest absolute Gasteiger partial charge is 0.497 e. The van der Waals surface area contributed by atoms with Gasteiger partial charge < -0.3 is 9.64 Å². The summed E-state index contributed by atoms with van der Waals surface area (Å²) in [6.45, 7) is 1.84. The Balaban J connectivity index is 1.98. The molecule has 0 saturated carbocycles. The molecule has 9 heteroatoms. The van der Waals surface area contributed by atoms with Crippen molar-refractivity contribution in [3.05, 3.63) is 58.6 Å². The Labute approximate surface area is 170 Å². The quantitative estimate of drug-likeness (QED) is 0.722. The molecular weight excluding hydrogens is 404 g/mol. The Morgan fingerprint density at radius 1 is 1.25 bits per heavy atom. The van der Waals surface area contributed by atoms with E-state index in [0.29, 0.717) is 22.0 Å². The Bertz CT molecular complexity index is 934. The molecule has 0 spiro atoms. The normalized spacial score (nSPS) is 19.1. The zero-order chi connectivity index (χ0) is 20.4. The minimum Gasteiger partial charge on any atom is -0.497 e. The molecule has 0 bridgehead atoms. The molecule has 3 rings (SSSR count). The fourth-order valence-corrected chi connectivity index (χ4v) is 3.88. The number of nitrogens with zero attached hydrogens (tertiary/aromatic N) is 1. The maximum Gasteiger partial charge on any atom is 0.261 e. The van der Waals surface area contributed by atoms with Crippen LogP contribution in [0.5, 0.6) is 5.75 Å². The molecule has 3 unspecified atom stereocenters. The van der Waals surface area contributed by atoms with Gasteiger partial charge in [-0.1, -0.05) is 11.6 Å². The lowest BCUT2D eigenvalue weighted by Gasteiger charge is -2.25. The van der Waals surface area contributed by atoms with Crippen LogP contribution >= 0.6 is 11.6 Å². The summed E-state index contributed by atoms with van der Waals surface area (Å²) in [6.07, 6.45) is -0.0436. The number of fused-ring (bicyclic) bond motifs is 1. The van der Waals surface area contributed by atoms with E-state index in [1.807, 2.05) is 11.6 Å². The standard InChI is InChI=1S/C19H19ClN2O5S/c1-11-15(10-18(23)21-28(25)26)16-9-14(27-2)7-8-17(16)22(11)19(24)12-3-5-13(20)6-4-12/h3-9,11,15H,10H2,1-2H3,(H,21,23)(H,25,26). The molecule has 2 aromatic carbocycles. The number of carbonyl (C=O) groups excluding carboxylic acids is 2. The molecule has 0 aliphatic carbocycles. The molecule has 0 aromatic heterocycles. The summed E-state index contributed by atoms with van der Waals surface area (Å²) in [5.41, 5.74) is 1.92. The van der Waals surface area contributed by atoms with Gasteiger partial charge in [0.2, 0.25) is 5.91 Å². The summed E-state index contributed by atoms with van der Waals surface area (Å²) in [5, 5.41) is 0.530. The number of anilines is 1. The first kappa shape index (κ1) is 20.3. The van der Waals surface area contributed by atoms with Crippen molar-refractivity contribution in [2.24, 2.45) is 0 Å². The van der Waals surface area contributed by atoms with Gasteiger partial charge >= 0.3 is 0 Å². The van der Waals surface area contributed by atoms with Crippen LogP contribution in [0.3, 0.4) is 0 Å². The van der Waals surface area contributed by atoms with E-state index in [2.05, 4.69) is 0 Å². The first-order chi connectivity index (χ1) is 13.3. The van der Waals surface area contributed by atoms with Crippen LogP contribution in [0.2, 0.25) is 5.02 Å². The monoisotopic (exact) mass is 422 g/mol. The van der Waals surface area contributed by atoms with Crippen LogP contribution in [-0.2, 0) is 16.1 Å². The SMILES string of the molecule is COc1ccc2c(c1)C(CC(=O)NS(=O)O)C(C)N2C(=O)c1ccc(Cl)cc1. The molecule has 1 aliphatic heterocycles. The van der Waals surface area contributed by atoms with E-state index in [9.17, 15) is 13.8 Å². The number of carbonyl (C=O) groups is 2. The van der Waals surface area contributed by atoms with Crippen molar-refractivity contribution in [1.82, 2.24) is 4.72 Å². The van der Waals surface area contributed by atoms with Gasteiger partial charge in [-0.05, 0) is 55.0 Å². The lowest BCUT2D eigenvalue weighted by molar-refractivity contribution is -0.119. The van der Waals surface area contributed by atoms with Gasteiger partial charge in [0.25, 0.3) is 17.2 Å². The summed E-state index contributed by atoms with van der Waals surface area (Å²) in [5.74, 6) is -0.552. The third kappa shape index (κ3) is 4.04. The fourth-order valence-electron chi connectivity index (χ4n) is 3.48. The molecule has 1 aliphatic rings. The highest BCUT2D eigenvalue weighted by Crippen LogP contribution is 2.45. The van der Waals surface area contributed by atoms with Gasteiger partial charge in [0.05, 0.1) is 7.11 Å². The molecule has 28 heavy (non-hydrogen) atoms. The van der Waals surface area contributed by atoms with Crippen LogP contribution in [0, 0.1) is 0 Å². The topological polar surface area (TPSA) is 95.9 Å². The zero-order valence-corrected chi connectivity index (χ0v) is 16.8. The van der Waals surface area contributed by atoms with E-state index in [1.54, 1.807) is 47.4 Å². The van der Waals surface area contributed by atoms with E-state index in [-0.39, 0.29) is 24.3 Å². The second-order valence-electron chi connectivity index (χ2n) is 6.43. The van der Waals surface area contributed by atoms with Crippen LogP contribution in [0.15, 0.2) is 42.5 Å². The van der Waals surface area contributed by atoms with Gasteiger partial charge in [-0.3, -0.25) is 18.9 Å². The molecule has 3 atom stereocenters. The van der Waals surface area contributed by atoms with E-state index < -0.39 is 17.2 Å². The van der Waals surface area contributed by atoms with E-state index in [4.69, 9.17) is 20.9 Å². The highest BCUT2D eigenvalue weighted by molar-refractivity contribution is 7.77. The summed E-state index contributed by atoms with van der Waals surface area (Å²) in [6, 6.07) is 11.6. The van der Waals surface area contributed by atoms with Gasteiger partial charge in [0, 0.05) is 34.7 Å². The van der Waals surface area contributed by atoms with E-state index in [0.717, 1.165) is 5.56 Å². The summed E-state index contributed by atoms with van der Waals surface area (Å²) in [4.78, 5) is 26.9. The highest BCUT2D eigenvalue weighted by atomic mass is 35.5. The Hall–Kier alpha value is -2.42. The van der Waals surface area contributed by atoms with Crippen molar-refractivity contribution in [2.45, 2.75) is 25.3 Å². The Morgan fingerprint density at radius 2 is 1.93 bits per heavy atom. The molecule has 1 heterocycles. The van der Waals surface area contributed by atoms with Crippen LogP contribution in [-0.4, -0.2) is 33.7 Å². The maximum atomic E-state index is 13.2. The van der Waals surface area contributed by atoms with Crippen LogP contribution in [0.1, 0.15) is 35.2 Å². The Kier molecular flexibility index (Phi) is 6.02. The van der Waals surface area contributed by atoms with E-state index >= 15 is 0 Å².